The second kappa shape index (κ2) is 7.06. The molecule has 0 amide bonds. The Morgan fingerprint density at radius 3 is 2.76 bits per heavy atom. The highest BCUT2D eigenvalue weighted by molar-refractivity contribution is 6.32. The molecule has 130 valence electrons. The Hall–Kier alpha value is -2.67. The molecule has 3 rings (SSSR count). The van der Waals surface area contributed by atoms with Crippen molar-refractivity contribution in [1.82, 2.24) is 25.1 Å². The first-order valence-corrected chi connectivity index (χ1v) is 8.28. The van der Waals surface area contributed by atoms with Gasteiger partial charge in [0.15, 0.2) is 11.6 Å². The summed E-state index contributed by atoms with van der Waals surface area (Å²) in [4.78, 5) is 12.7. The van der Waals surface area contributed by atoms with Crippen molar-refractivity contribution in [2.45, 2.75) is 32.7 Å². The molecule has 0 unspecified atom stereocenters. The third-order valence-electron chi connectivity index (χ3n) is 3.55. The summed E-state index contributed by atoms with van der Waals surface area (Å²) in [6.07, 6.45) is 5.08. The third-order valence-corrected chi connectivity index (χ3v) is 3.83. The predicted molar refractivity (Wildman–Crippen MR) is 99.2 cm³/mol. The Labute approximate surface area is 151 Å². The number of nitrogens with one attached hydrogen (secondary N) is 3. The molecular formula is C17H20ClN7. The fourth-order valence-electron chi connectivity index (χ4n) is 2.12. The lowest BCUT2D eigenvalue weighted by Gasteiger charge is -2.14. The van der Waals surface area contributed by atoms with Crippen LogP contribution >= 0.6 is 11.6 Å². The van der Waals surface area contributed by atoms with Crippen LogP contribution in [0.25, 0.3) is 0 Å². The Morgan fingerprint density at radius 1 is 1.24 bits per heavy atom. The molecule has 3 aromatic rings. The lowest BCUT2D eigenvalue weighted by molar-refractivity contribution is 0.567. The van der Waals surface area contributed by atoms with Crippen molar-refractivity contribution in [2.24, 2.45) is 0 Å². The highest BCUT2D eigenvalue weighted by Gasteiger charge is 2.17. The molecule has 0 aliphatic carbocycles. The second-order valence-corrected chi connectivity index (χ2v) is 7.05. The largest absolute Gasteiger partial charge is 0.350 e. The van der Waals surface area contributed by atoms with E-state index >= 15 is 0 Å². The minimum absolute atomic E-state index is 0.0150. The fraction of sp³-hybridized carbons (Fsp3) is 0.294. The van der Waals surface area contributed by atoms with Gasteiger partial charge in [0.1, 0.15) is 5.02 Å². The molecule has 0 atom stereocenters. The van der Waals surface area contributed by atoms with Crippen LogP contribution in [0.4, 0.5) is 17.6 Å². The van der Waals surface area contributed by atoms with Gasteiger partial charge in [0.2, 0.25) is 5.95 Å². The van der Waals surface area contributed by atoms with E-state index in [9.17, 15) is 0 Å². The first-order chi connectivity index (χ1) is 11.9. The molecular weight excluding hydrogens is 338 g/mol. The maximum Gasteiger partial charge on any atom is 0.224 e. The van der Waals surface area contributed by atoms with Gasteiger partial charge in [0, 0.05) is 36.1 Å². The fourth-order valence-corrected chi connectivity index (χ4v) is 2.25. The molecule has 3 aromatic heterocycles. The van der Waals surface area contributed by atoms with E-state index in [4.69, 9.17) is 11.6 Å². The lowest BCUT2D eigenvalue weighted by atomic mass is 9.92. The average Bonchev–Trinajstić information content (AvgIpc) is 3.05. The van der Waals surface area contributed by atoms with E-state index in [2.05, 4.69) is 56.6 Å². The van der Waals surface area contributed by atoms with Crippen LogP contribution < -0.4 is 10.6 Å². The van der Waals surface area contributed by atoms with Gasteiger partial charge >= 0.3 is 0 Å². The Kier molecular flexibility index (Phi) is 4.85. The van der Waals surface area contributed by atoms with E-state index in [1.165, 1.54) is 0 Å². The molecule has 0 fully saturated rings. The van der Waals surface area contributed by atoms with Gasteiger partial charge in [-0.1, -0.05) is 38.4 Å². The summed E-state index contributed by atoms with van der Waals surface area (Å²) in [5.41, 5.74) is 2.05. The van der Waals surface area contributed by atoms with Gasteiger partial charge in [0.05, 0.1) is 6.20 Å². The minimum Gasteiger partial charge on any atom is -0.350 e. The molecule has 0 radical (unpaired) electrons. The number of pyridine rings is 1. The summed E-state index contributed by atoms with van der Waals surface area (Å²) < 4.78 is 0. The summed E-state index contributed by atoms with van der Waals surface area (Å²) in [6.45, 7) is 6.92. The predicted octanol–water partition coefficient (Wildman–Crippen LogP) is 3.90. The Morgan fingerprint density at radius 2 is 2.08 bits per heavy atom. The van der Waals surface area contributed by atoms with Crippen molar-refractivity contribution < 1.29 is 0 Å². The summed E-state index contributed by atoms with van der Waals surface area (Å²) in [5, 5.41) is 14.0. The van der Waals surface area contributed by atoms with E-state index in [1.807, 2.05) is 18.2 Å². The monoisotopic (exact) mass is 357 g/mol. The van der Waals surface area contributed by atoms with Gasteiger partial charge in [-0.05, 0) is 11.6 Å². The van der Waals surface area contributed by atoms with Crippen molar-refractivity contribution in [3.8, 4) is 0 Å². The molecule has 0 aromatic carbocycles. The molecule has 7 nitrogen and oxygen atoms in total. The van der Waals surface area contributed by atoms with Crippen LogP contribution in [0.2, 0.25) is 5.02 Å². The third kappa shape index (κ3) is 4.45. The molecule has 0 bridgehead atoms. The van der Waals surface area contributed by atoms with Crippen LogP contribution in [0, 0.1) is 0 Å². The van der Waals surface area contributed by atoms with Crippen LogP contribution in [-0.4, -0.2) is 25.1 Å². The van der Waals surface area contributed by atoms with E-state index in [0.29, 0.717) is 29.2 Å². The average molecular weight is 358 g/mol. The highest BCUT2D eigenvalue weighted by Crippen LogP contribution is 2.26. The SMILES string of the molecule is CC(C)(C)c1cc(Nc2nc(NCc3cccnc3)ncc2Cl)n[nH]1. The normalized spacial score (nSPS) is 11.4. The second-order valence-electron chi connectivity index (χ2n) is 6.65. The van der Waals surface area contributed by atoms with E-state index in [0.717, 1.165) is 11.3 Å². The zero-order valence-electron chi connectivity index (χ0n) is 14.3. The molecule has 3 N–H and O–H groups in total. The van der Waals surface area contributed by atoms with Gasteiger partial charge in [-0.15, -0.1) is 0 Å². The number of H-pyrrole nitrogens is 1. The first-order valence-electron chi connectivity index (χ1n) is 7.90. The van der Waals surface area contributed by atoms with Crippen LogP contribution in [0.1, 0.15) is 32.0 Å². The molecule has 25 heavy (non-hydrogen) atoms. The minimum atomic E-state index is -0.0150. The molecule has 8 heteroatoms. The lowest BCUT2D eigenvalue weighted by Crippen LogP contribution is -2.11. The molecule has 0 saturated heterocycles. The van der Waals surface area contributed by atoms with Gasteiger partial charge < -0.3 is 10.6 Å². The Bertz CT molecular complexity index is 840. The van der Waals surface area contributed by atoms with Gasteiger partial charge in [-0.3, -0.25) is 10.1 Å². The summed E-state index contributed by atoms with van der Waals surface area (Å²) in [7, 11) is 0. The first kappa shape index (κ1) is 17.2. The van der Waals surface area contributed by atoms with E-state index in [1.54, 1.807) is 18.6 Å². The number of halogens is 1. The number of rotatable bonds is 5. The summed E-state index contributed by atoms with van der Waals surface area (Å²) in [5.74, 6) is 1.63. The van der Waals surface area contributed by atoms with Gasteiger partial charge in [-0.2, -0.15) is 10.1 Å². The number of hydrogen-bond donors (Lipinski definition) is 3. The molecule has 0 aliphatic rings. The van der Waals surface area contributed by atoms with Gasteiger partial charge in [0.25, 0.3) is 0 Å². The van der Waals surface area contributed by atoms with Crippen LogP contribution in [0.15, 0.2) is 36.8 Å². The maximum absolute atomic E-state index is 6.20. The number of hydrogen-bond acceptors (Lipinski definition) is 6. The summed E-state index contributed by atoms with van der Waals surface area (Å²) in [6, 6.07) is 5.81. The molecule has 0 aliphatic heterocycles. The zero-order chi connectivity index (χ0) is 17.9. The van der Waals surface area contributed by atoms with E-state index < -0.39 is 0 Å². The van der Waals surface area contributed by atoms with Gasteiger partial charge in [-0.25, -0.2) is 4.98 Å². The van der Waals surface area contributed by atoms with Crippen molar-refractivity contribution >= 4 is 29.2 Å². The smallest absolute Gasteiger partial charge is 0.224 e. The number of nitrogens with zero attached hydrogens (tertiary/aromatic N) is 4. The van der Waals surface area contributed by atoms with Crippen LogP contribution in [0.3, 0.4) is 0 Å². The van der Waals surface area contributed by atoms with Crippen molar-refractivity contribution in [1.29, 1.82) is 0 Å². The maximum atomic E-state index is 6.20. The molecule has 0 spiro atoms. The van der Waals surface area contributed by atoms with Crippen molar-refractivity contribution in [2.75, 3.05) is 10.6 Å². The van der Waals surface area contributed by atoms with Crippen molar-refractivity contribution in [3.63, 3.8) is 0 Å². The standard InChI is InChI=1S/C17H20ClN7/c1-17(2,3)13-7-14(25-24-13)22-15-12(18)10-21-16(23-15)20-9-11-5-4-6-19-8-11/h4-8,10H,9H2,1-3H3,(H3,20,21,22,23,24,25). The Balaban J connectivity index is 1.72. The van der Waals surface area contributed by atoms with Crippen molar-refractivity contribution in [3.05, 3.63) is 53.1 Å². The highest BCUT2D eigenvalue weighted by atomic mass is 35.5. The summed E-state index contributed by atoms with van der Waals surface area (Å²) >= 11 is 6.20. The van der Waals surface area contributed by atoms with Crippen LogP contribution in [0.5, 0.6) is 0 Å². The number of aromatic amines is 1. The quantitative estimate of drug-likeness (QED) is 0.641. The van der Waals surface area contributed by atoms with E-state index in [-0.39, 0.29) is 5.41 Å². The zero-order valence-corrected chi connectivity index (χ0v) is 15.1. The topological polar surface area (TPSA) is 91.4 Å². The number of anilines is 3. The molecule has 0 saturated carbocycles. The number of aromatic nitrogens is 5. The molecule has 3 heterocycles. The van der Waals surface area contributed by atoms with Crippen LogP contribution in [-0.2, 0) is 12.0 Å².